The average Bonchev–Trinajstić information content (AvgIpc) is 2.84. The van der Waals surface area contributed by atoms with Gasteiger partial charge in [0.1, 0.15) is 11.6 Å². The smallest absolute Gasteiger partial charge is 0.243 e. The molecule has 1 fully saturated rings. The first kappa shape index (κ1) is 25.0. The SMILES string of the molecule is O=S(=O)(c1ccc(Br)cc1)N1CCN(CCCC(c2ccc(F)cc2)c2ccc(F)cc2)CC1. The fourth-order valence-corrected chi connectivity index (χ4v) is 6.07. The summed E-state index contributed by atoms with van der Waals surface area (Å²) in [6.07, 6.45) is 1.72. The molecule has 1 aliphatic rings. The van der Waals surface area contributed by atoms with Crippen LogP contribution in [0.3, 0.4) is 0 Å². The molecule has 0 amide bonds. The van der Waals surface area contributed by atoms with E-state index >= 15 is 0 Å². The Morgan fingerprint density at radius 2 is 1.26 bits per heavy atom. The van der Waals surface area contributed by atoms with Gasteiger partial charge in [-0.2, -0.15) is 4.31 Å². The molecule has 0 spiro atoms. The highest BCUT2D eigenvalue weighted by Gasteiger charge is 2.28. The van der Waals surface area contributed by atoms with Gasteiger partial charge in [-0.3, -0.25) is 0 Å². The maximum absolute atomic E-state index is 13.4. The van der Waals surface area contributed by atoms with Crippen molar-refractivity contribution in [2.75, 3.05) is 32.7 Å². The Labute approximate surface area is 208 Å². The Morgan fingerprint density at radius 1 is 0.765 bits per heavy atom. The molecule has 0 aliphatic carbocycles. The quantitative estimate of drug-likeness (QED) is 0.365. The van der Waals surface area contributed by atoms with Crippen molar-refractivity contribution in [1.29, 1.82) is 0 Å². The molecule has 0 atom stereocenters. The molecule has 3 aromatic carbocycles. The van der Waals surface area contributed by atoms with Crippen molar-refractivity contribution in [3.05, 3.63) is 100 Å². The molecule has 0 N–H and O–H groups in total. The van der Waals surface area contributed by atoms with E-state index in [1.807, 2.05) is 0 Å². The number of hydrogen-bond donors (Lipinski definition) is 0. The van der Waals surface area contributed by atoms with Crippen LogP contribution in [0.4, 0.5) is 8.78 Å². The van der Waals surface area contributed by atoms with E-state index in [4.69, 9.17) is 0 Å². The van der Waals surface area contributed by atoms with Crippen LogP contribution in [-0.4, -0.2) is 50.3 Å². The third-order valence-electron chi connectivity index (χ3n) is 6.29. The zero-order valence-corrected chi connectivity index (χ0v) is 21.1. The molecule has 0 aromatic heterocycles. The van der Waals surface area contributed by atoms with Crippen LogP contribution < -0.4 is 0 Å². The molecule has 0 unspecified atom stereocenters. The number of piperazine rings is 1. The van der Waals surface area contributed by atoms with Crippen LogP contribution >= 0.6 is 15.9 Å². The molecule has 0 saturated carbocycles. The Bertz CT molecular complexity index is 1130. The lowest BCUT2D eigenvalue weighted by Crippen LogP contribution is -2.48. The highest BCUT2D eigenvalue weighted by molar-refractivity contribution is 9.10. The Kier molecular flexibility index (Phi) is 8.14. The molecular formula is C26H27BrF2N2O2S. The third kappa shape index (κ3) is 6.10. The molecule has 4 nitrogen and oxygen atoms in total. The summed E-state index contributed by atoms with van der Waals surface area (Å²) in [7, 11) is -3.49. The summed E-state index contributed by atoms with van der Waals surface area (Å²) in [5.41, 5.74) is 2.00. The van der Waals surface area contributed by atoms with Gasteiger partial charge in [0.05, 0.1) is 4.90 Å². The zero-order valence-electron chi connectivity index (χ0n) is 18.7. The van der Waals surface area contributed by atoms with Crippen molar-refractivity contribution in [3.8, 4) is 0 Å². The number of halogens is 3. The van der Waals surface area contributed by atoms with Gasteiger partial charge in [0.2, 0.25) is 10.0 Å². The largest absolute Gasteiger partial charge is 0.301 e. The first-order valence-corrected chi connectivity index (χ1v) is 13.6. The van der Waals surface area contributed by atoms with Crippen LogP contribution in [0.1, 0.15) is 29.9 Å². The average molecular weight is 549 g/mol. The molecule has 1 saturated heterocycles. The molecule has 4 rings (SSSR count). The van der Waals surface area contributed by atoms with Crippen LogP contribution in [0, 0.1) is 11.6 Å². The first-order chi connectivity index (χ1) is 16.3. The van der Waals surface area contributed by atoms with Gasteiger partial charge < -0.3 is 4.90 Å². The first-order valence-electron chi connectivity index (χ1n) is 11.3. The van der Waals surface area contributed by atoms with Crippen molar-refractivity contribution in [2.45, 2.75) is 23.7 Å². The second-order valence-electron chi connectivity index (χ2n) is 8.50. The van der Waals surface area contributed by atoms with E-state index in [-0.39, 0.29) is 17.6 Å². The monoisotopic (exact) mass is 548 g/mol. The van der Waals surface area contributed by atoms with Crippen LogP contribution in [0.2, 0.25) is 0 Å². The van der Waals surface area contributed by atoms with Gasteiger partial charge in [0.15, 0.2) is 0 Å². The van der Waals surface area contributed by atoms with Gasteiger partial charge in [0, 0.05) is 36.6 Å². The van der Waals surface area contributed by atoms with Gasteiger partial charge in [-0.25, -0.2) is 17.2 Å². The van der Waals surface area contributed by atoms with Crippen LogP contribution in [0.5, 0.6) is 0 Å². The molecule has 180 valence electrons. The van der Waals surface area contributed by atoms with E-state index in [1.54, 1.807) is 52.8 Å². The Morgan fingerprint density at radius 3 is 1.76 bits per heavy atom. The summed E-state index contributed by atoms with van der Waals surface area (Å²) in [6, 6.07) is 19.7. The lowest BCUT2D eigenvalue weighted by atomic mass is 9.87. The third-order valence-corrected chi connectivity index (χ3v) is 8.74. The standard InChI is InChI=1S/C26H27BrF2N2O2S/c27-22-7-13-25(14-8-22)34(32,33)31-18-16-30(17-19-31)15-1-2-26(20-3-9-23(28)10-4-20)21-5-11-24(29)12-6-21/h3-14,26H,1-2,15-19H2. The molecule has 0 radical (unpaired) electrons. The number of rotatable bonds is 8. The second kappa shape index (κ2) is 11.1. The minimum atomic E-state index is -3.49. The molecular weight excluding hydrogens is 522 g/mol. The Balaban J connectivity index is 1.34. The molecule has 0 bridgehead atoms. The van der Waals surface area contributed by atoms with E-state index < -0.39 is 10.0 Å². The number of sulfonamides is 1. The van der Waals surface area contributed by atoms with E-state index in [2.05, 4.69) is 20.8 Å². The van der Waals surface area contributed by atoms with E-state index in [1.165, 1.54) is 24.3 Å². The molecule has 3 aromatic rings. The summed E-state index contributed by atoms with van der Waals surface area (Å²) < 4.78 is 55.1. The van der Waals surface area contributed by atoms with Crippen LogP contribution in [0.15, 0.2) is 82.2 Å². The topological polar surface area (TPSA) is 40.6 Å². The van der Waals surface area contributed by atoms with Crippen LogP contribution in [0.25, 0.3) is 0 Å². The minimum Gasteiger partial charge on any atom is -0.301 e. The second-order valence-corrected chi connectivity index (χ2v) is 11.4. The van der Waals surface area contributed by atoms with Crippen molar-refractivity contribution >= 4 is 26.0 Å². The summed E-state index contributed by atoms with van der Waals surface area (Å²) >= 11 is 3.34. The van der Waals surface area contributed by atoms with Gasteiger partial charge in [-0.1, -0.05) is 40.2 Å². The summed E-state index contributed by atoms with van der Waals surface area (Å²) in [5.74, 6) is -0.518. The van der Waals surface area contributed by atoms with E-state index in [0.29, 0.717) is 31.1 Å². The van der Waals surface area contributed by atoms with E-state index in [9.17, 15) is 17.2 Å². The van der Waals surface area contributed by atoms with Gasteiger partial charge in [-0.05, 0) is 79.0 Å². The molecule has 1 heterocycles. The normalized spacial score (nSPS) is 15.6. The zero-order chi connectivity index (χ0) is 24.1. The fourth-order valence-electron chi connectivity index (χ4n) is 4.38. The predicted molar refractivity (Wildman–Crippen MR) is 133 cm³/mol. The maximum Gasteiger partial charge on any atom is 0.243 e. The fraction of sp³-hybridized carbons (Fsp3) is 0.308. The summed E-state index contributed by atoms with van der Waals surface area (Å²) in [6.45, 7) is 3.10. The van der Waals surface area contributed by atoms with E-state index in [0.717, 1.165) is 35.0 Å². The summed E-state index contributed by atoms with van der Waals surface area (Å²) in [4.78, 5) is 2.59. The highest BCUT2D eigenvalue weighted by atomic mass is 79.9. The number of hydrogen-bond acceptors (Lipinski definition) is 3. The number of benzene rings is 3. The molecule has 1 aliphatic heterocycles. The number of nitrogens with zero attached hydrogens (tertiary/aromatic N) is 2. The van der Waals surface area contributed by atoms with Gasteiger partial charge in [0.25, 0.3) is 0 Å². The van der Waals surface area contributed by atoms with Gasteiger partial charge in [-0.15, -0.1) is 0 Å². The molecule has 34 heavy (non-hydrogen) atoms. The molecule has 8 heteroatoms. The maximum atomic E-state index is 13.4. The Hall–Kier alpha value is -2.13. The van der Waals surface area contributed by atoms with Crippen molar-refractivity contribution in [2.24, 2.45) is 0 Å². The van der Waals surface area contributed by atoms with Crippen molar-refractivity contribution < 1.29 is 17.2 Å². The van der Waals surface area contributed by atoms with Crippen molar-refractivity contribution in [3.63, 3.8) is 0 Å². The lowest BCUT2D eigenvalue weighted by Gasteiger charge is -2.34. The van der Waals surface area contributed by atoms with Gasteiger partial charge >= 0.3 is 0 Å². The van der Waals surface area contributed by atoms with Crippen LogP contribution in [-0.2, 0) is 10.0 Å². The van der Waals surface area contributed by atoms with Crippen molar-refractivity contribution in [1.82, 2.24) is 9.21 Å². The lowest BCUT2D eigenvalue weighted by molar-refractivity contribution is 0.185. The highest BCUT2D eigenvalue weighted by Crippen LogP contribution is 2.30. The predicted octanol–water partition coefficient (Wildman–Crippen LogP) is 5.65. The minimum absolute atomic E-state index is 0.0419. The summed E-state index contributed by atoms with van der Waals surface area (Å²) in [5, 5.41) is 0.